The van der Waals surface area contributed by atoms with Crippen LogP contribution in [0.4, 0.5) is 0 Å². The second kappa shape index (κ2) is 7.43. The first-order chi connectivity index (χ1) is 10.1. The summed E-state index contributed by atoms with van der Waals surface area (Å²) < 4.78 is 5.66. The highest BCUT2D eigenvalue weighted by Crippen LogP contribution is 2.25. The molecule has 1 fully saturated rings. The fourth-order valence-corrected chi connectivity index (χ4v) is 2.61. The summed E-state index contributed by atoms with van der Waals surface area (Å²) in [5, 5.41) is 3.35. The lowest BCUT2D eigenvalue weighted by molar-refractivity contribution is -0.134. The van der Waals surface area contributed by atoms with Crippen LogP contribution in [0.5, 0.6) is 5.75 Å². The number of carbonyl (C=O) groups excluding carboxylic acids is 1. The molecule has 0 radical (unpaired) electrons. The van der Waals surface area contributed by atoms with Gasteiger partial charge in [0.1, 0.15) is 5.75 Å². The van der Waals surface area contributed by atoms with Gasteiger partial charge in [0.2, 0.25) is 5.91 Å². The maximum atomic E-state index is 12.2. The third-order valence-electron chi connectivity index (χ3n) is 3.56. The first-order valence-corrected chi connectivity index (χ1v) is 7.58. The maximum Gasteiger partial charge on any atom is 0.224 e. The SMILES string of the molecule is CC(C)Oc1ccc([C@@H]2CNCCN2C(=O)CCN)cc1. The second-order valence-corrected chi connectivity index (χ2v) is 5.58. The monoisotopic (exact) mass is 291 g/mol. The lowest BCUT2D eigenvalue weighted by Crippen LogP contribution is -2.49. The summed E-state index contributed by atoms with van der Waals surface area (Å²) in [6.45, 7) is 6.75. The van der Waals surface area contributed by atoms with Crippen LogP contribution in [-0.2, 0) is 4.79 Å². The van der Waals surface area contributed by atoms with E-state index in [2.05, 4.69) is 5.32 Å². The van der Waals surface area contributed by atoms with Crippen molar-refractivity contribution in [2.75, 3.05) is 26.2 Å². The van der Waals surface area contributed by atoms with E-state index in [-0.39, 0.29) is 18.1 Å². The van der Waals surface area contributed by atoms with Crippen molar-refractivity contribution in [3.8, 4) is 5.75 Å². The molecular formula is C16H25N3O2. The standard InChI is InChI=1S/C16H25N3O2/c1-12(2)21-14-5-3-13(4-6-14)15-11-18-9-10-19(15)16(20)7-8-17/h3-6,12,15,18H,7-11,17H2,1-2H3/t15-/m0/s1. The van der Waals surface area contributed by atoms with E-state index < -0.39 is 0 Å². The van der Waals surface area contributed by atoms with Gasteiger partial charge < -0.3 is 20.7 Å². The van der Waals surface area contributed by atoms with Gasteiger partial charge in [0.15, 0.2) is 0 Å². The van der Waals surface area contributed by atoms with E-state index in [1.807, 2.05) is 43.0 Å². The molecule has 1 aromatic carbocycles. The average molecular weight is 291 g/mol. The van der Waals surface area contributed by atoms with E-state index >= 15 is 0 Å². The number of hydrogen-bond donors (Lipinski definition) is 2. The third-order valence-corrected chi connectivity index (χ3v) is 3.56. The van der Waals surface area contributed by atoms with Crippen LogP contribution in [0.25, 0.3) is 0 Å². The molecule has 1 aromatic rings. The van der Waals surface area contributed by atoms with Crippen LogP contribution in [-0.4, -0.2) is 43.1 Å². The van der Waals surface area contributed by atoms with Crippen LogP contribution in [0.1, 0.15) is 31.9 Å². The molecule has 1 amide bonds. The minimum absolute atomic E-state index is 0.0749. The molecule has 2 rings (SSSR count). The van der Waals surface area contributed by atoms with E-state index in [0.29, 0.717) is 13.0 Å². The topological polar surface area (TPSA) is 67.6 Å². The molecule has 5 nitrogen and oxygen atoms in total. The van der Waals surface area contributed by atoms with Crippen molar-refractivity contribution in [2.45, 2.75) is 32.4 Å². The summed E-state index contributed by atoms with van der Waals surface area (Å²) in [5.41, 5.74) is 6.64. The number of nitrogens with two attached hydrogens (primary N) is 1. The molecule has 1 atom stereocenters. The first kappa shape index (κ1) is 15.8. The normalized spacial score (nSPS) is 18.9. The van der Waals surface area contributed by atoms with Gasteiger partial charge in [-0.3, -0.25) is 4.79 Å². The molecule has 3 N–H and O–H groups in total. The van der Waals surface area contributed by atoms with Crippen LogP contribution in [0.3, 0.4) is 0 Å². The van der Waals surface area contributed by atoms with Gasteiger partial charge in [0, 0.05) is 32.6 Å². The van der Waals surface area contributed by atoms with Crippen molar-refractivity contribution in [3.63, 3.8) is 0 Å². The van der Waals surface area contributed by atoms with E-state index in [1.165, 1.54) is 0 Å². The van der Waals surface area contributed by atoms with Crippen LogP contribution in [0.15, 0.2) is 24.3 Å². The number of amides is 1. The fraction of sp³-hybridized carbons (Fsp3) is 0.562. The molecule has 1 heterocycles. The Bertz CT molecular complexity index is 459. The van der Waals surface area contributed by atoms with Crippen molar-refractivity contribution < 1.29 is 9.53 Å². The van der Waals surface area contributed by atoms with E-state index in [0.717, 1.165) is 30.9 Å². The van der Waals surface area contributed by atoms with Crippen molar-refractivity contribution in [2.24, 2.45) is 5.73 Å². The average Bonchev–Trinajstić information content (AvgIpc) is 2.48. The Morgan fingerprint density at radius 1 is 1.43 bits per heavy atom. The molecule has 116 valence electrons. The number of nitrogens with one attached hydrogen (secondary N) is 1. The molecule has 0 spiro atoms. The Kier molecular flexibility index (Phi) is 5.59. The van der Waals surface area contributed by atoms with Gasteiger partial charge in [0.25, 0.3) is 0 Å². The molecule has 0 aromatic heterocycles. The van der Waals surface area contributed by atoms with Crippen LogP contribution in [0, 0.1) is 0 Å². The van der Waals surface area contributed by atoms with Gasteiger partial charge in [-0.15, -0.1) is 0 Å². The summed E-state index contributed by atoms with van der Waals surface area (Å²) in [4.78, 5) is 14.1. The molecule has 0 bridgehead atoms. The Balaban J connectivity index is 2.11. The highest BCUT2D eigenvalue weighted by molar-refractivity contribution is 5.77. The summed E-state index contributed by atoms with van der Waals surface area (Å²) in [6, 6.07) is 8.09. The second-order valence-electron chi connectivity index (χ2n) is 5.58. The lowest BCUT2D eigenvalue weighted by Gasteiger charge is -2.36. The summed E-state index contributed by atoms with van der Waals surface area (Å²) in [6.07, 6.45) is 0.570. The molecule has 0 aliphatic carbocycles. The zero-order chi connectivity index (χ0) is 15.2. The van der Waals surface area contributed by atoms with Crippen molar-refractivity contribution >= 4 is 5.91 Å². The molecule has 21 heavy (non-hydrogen) atoms. The van der Waals surface area contributed by atoms with Gasteiger partial charge in [0.05, 0.1) is 12.1 Å². The molecule has 1 aliphatic rings. The van der Waals surface area contributed by atoms with Crippen molar-refractivity contribution in [1.82, 2.24) is 10.2 Å². The van der Waals surface area contributed by atoms with E-state index in [9.17, 15) is 4.79 Å². The molecule has 1 saturated heterocycles. The van der Waals surface area contributed by atoms with Gasteiger partial charge in [-0.2, -0.15) is 0 Å². The zero-order valence-corrected chi connectivity index (χ0v) is 12.8. The first-order valence-electron chi connectivity index (χ1n) is 7.58. The van der Waals surface area contributed by atoms with Crippen LogP contribution in [0.2, 0.25) is 0 Å². The van der Waals surface area contributed by atoms with Crippen LogP contribution >= 0.6 is 0 Å². The molecular weight excluding hydrogens is 266 g/mol. The molecule has 5 heteroatoms. The van der Waals surface area contributed by atoms with Gasteiger partial charge in [-0.25, -0.2) is 0 Å². The Morgan fingerprint density at radius 2 is 2.14 bits per heavy atom. The summed E-state index contributed by atoms with van der Waals surface area (Å²) in [5.74, 6) is 0.990. The minimum Gasteiger partial charge on any atom is -0.491 e. The number of piperazine rings is 1. The number of nitrogens with zero attached hydrogens (tertiary/aromatic N) is 1. The molecule has 1 aliphatic heterocycles. The largest absolute Gasteiger partial charge is 0.491 e. The summed E-state index contributed by atoms with van der Waals surface area (Å²) >= 11 is 0. The van der Waals surface area contributed by atoms with Crippen molar-refractivity contribution in [3.05, 3.63) is 29.8 Å². The Hall–Kier alpha value is -1.59. The molecule has 0 saturated carbocycles. The predicted octanol–water partition coefficient (Wildman–Crippen LogP) is 1.30. The van der Waals surface area contributed by atoms with Gasteiger partial charge in [-0.05, 0) is 31.5 Å². The predicted molar refractivity (Wildman–Crippen MR) is 83.2 cm³/mol. The van der Waals surface area contributed by atoms with Crippen LogP contribution < -0.4 is 15.8 Å². The minimum atomic E-state index is 0.0749. The number of ether oxygens (including phenoxy) is 1. The highest BCUT2D eigenvalue weighted by Gasteiger charge is 2.27. The fourth-order valence-electron chi connectivity index (χ4n) is 2.61. The smallest absolute Gasteiger partial charge is 0.224 e. The summed E-state index contributed by atoms with van der Waals surface area (Å²) in [7, 11) is 0. The number of benzene rings is 1. The Labute approximate surface area is 126 Å². The van der Waals surface area contributed by atoms with E-state index in [1.54, 1.807) is 0 Å². The van der Waals surface area contributed by atoms with Gasteiger partial charge >= 0.3 is 0 Å². The zero-order valence-electron chi connectivity index (χ0n) is 12.8. The third kappa shape index (κ3) is 4.19. The highest BCUT2D eigenvalue weighted by atomic mass is 16.5. The number of rotatable bonds is 5. The quantitative estimate of drug-likeness (QED) is 0.858. The van der Waals surface area contributed by atoms with Crippen molar-refractivity contribution in [1.29, 1.82) is 0 Å². The lowest BCUT2D eigenvalue weighted by atomic mass is 10.0. The number of hydrogen-bond acceptors (Lipinski definition) is 4. The maximum absolute atomic E-state index is 12.2. The molecule has 0 unspecified atom stereocenters. The number of carbonyl (C=O) groups is 1. The Morgan fingerprint density at radius 3 is 2.76 bits per heavy atom. The van der Waals surface area contributed by atoms with Gasteiger partial charge in [-0.1, -0.05) is 12.1 Å². The van der Waals surface area contributed by atoms with E-state index in [4.69, 9.17) is 10.5 Å².